The van der Waals surface area contributed by atoms with Crippen LogP contribution in [0.2, 0.25) is 0 Å². The van der Waals surface area contributed by atoms with Gasteiger partial charge in [-0.2, -0.15) is 0 Å². The normalized spacial score (nSPS) is 13.2. The zero-order valence-electron chi connectivity index (χ0n) is 7.92. The van der Waals surface area contributed by atoms with E-state index in [-0.39, 0.29) is 19.3 Å². The Bertz CT molecular complexity index is 84.6. The van der Waals surface area contributed by atoms with Gasteiger partial charge in [-0.1, -0.05) is 6.92 Å². The van der Waals surface area contributed by atoms with Crippen LogP contribution in [0.25, 0.3) is 0 Å². The number of rotatable bonds is 8. The van der Waals surface area contributed by atoms with Crippen molar-refractivity contribution < 1.29 is 10.2 Å². The third-order valence-corrected chi connectivity index (χ3v) is 1.98. The molecule has 0 aromatic heterocycles. The Balaban J connectivity index is 3.06. The Morgan fingerprint density at radius 2 is 1.92 bits per heavy atom. The lowest BCUT2D eigenvalue weighted by Crippen LogP contribution is -2.32. The lowest BCUT2D eigenvalue weighted by atomic mass is 10.2. The average Bonchev–Trinajstić information content (AvgIpc) is 2.11. The van der Waals surface area contributed by atoms with E-state index in [4.69, 9.17) is 10.2 Å². The van der Waals surface area contributed by atoms with Crippen LogP contribution in [-0.4, -0.2) is 36.0 Å². The molecule has 3 nitrogen and oxygen atoms in total. The van der Waals surface area contributed by atoms with Gasteiger partial charge < -0.3 is 15.5 Å². The Labute approximate surface area is 74.8 Å². The quantitative estimate of drug-likeness (QED) is 0.471. The minimum absolute atomic E-state index is 0.219. The molecule has 3 heteroatoms. The summed E-state index contributed by atoms with van der Waals surface area (Å²) in [6.45, 7) is 3.51. The van der Waals surface area contributed by atoms with Crippen LogP contribution >= 0.6 is 0 Å². The van der Waals surface area contributed by atoms with Crippen LogP contribution in [0.15, 0.2) is 0 Å². The van der Waals surface area contributed by atoms with E-state index >= 15 is 0 Å². The van der Waals surface area contributed by atoms with E-state index in [1.54, 1.807) is 0 Å². The molecule has 0 saturated heterocycles. The van der Waals surface area contributed by atoms with Gasteiger partial charge in [0.2, 0.25) is 0 Å². The van der Waals surface area contributed by atoms with Gasteiger partial charge in [-0.15, -0.1) is 0 Å². The molecule has 0 radical (unpaired) electrons. The van der Waals surface area contributed by atoms with Crippen molar-refractivity contribution in [2.45, 2.75) is 38.6 Å². The molecule has 0 aromatic rings. The van der Waals surface area contributed by atoms with E-state index in [0.717, 1.165) is 32.2 Å². The first-order valence-electron chi connectivity index (χ1n) is 4.80. The van der Waals surface area contributed by atoms with Crippen molar-refractivity contribution in [1.82, 2.24) is 5.32 Å². The summed E-state index contributed by atoms with van der Waals surface area (Å²) < 4.78 is 0. The molecule has 12 heavy (non-hydrogen) atoms. The zero-order chi connectivity index (χ0) is 9.23. The Morgan fingerprint density at radius 3 is 2.42 bits per heavy atom. The summed E-state index contributed by atoms with van der Waals surface area (Å²) in [5.74, 6) is 0. The molecule has 0 aliphatic carbocycles. The maximum atomic E-state index is 8.83. The number of hydrogen-bond acceptors (Lipinski definition) is 3. The second-order valence-electron chi connectivity index (χ2n) is 3.03. The topological polar surface area (TPSA) is 52.5 Å². The third-order valence-electron chi connectivity index (χ3n) is 1.98. The predicted molar refractivity (Wildman–Crippen MR) is 50.1 cm³/mol. The maximum Gasteiger partial charge on any atom is 0.0584 e. The van der Waals surface area contributed by atoms with E-state index < -0.39 is 0 Å². The number of unbranched alkanes of at least 4 members (excludes halogenated alkanes) is 2. The molecule has 0 aliphatic heterocycles. The van der Waals surface area contributed by atoms with Gasteiger partial charge in [0.05, 0.1) is 6.61 Å². The zero-order valence-corrected chi connectivity index (χ0v) is 7.92. The molecule has 3 N–H and O–H groups in total. The number of hydrogen-bond donors (Lipinski definition) is 3. The summed E-state index contributed by atoms with van der Waals surface area (Å²) in [4.78, 5) is 0. The highest BCUT2D eigenvalue weighted by atomic mass is 16.3. The second-order valence-corrected chi connectivity index (χ2v) is 3.03. The summed E-state index contributed by atoms with van der Waals surface area (Å²) in [5.41, 5.74) is 0. The van der Waals surface area contributed by atoms with Gasteiger partial charge in [-0.05, 0) is 32.2 Å². The predicted octanol–water partition coefficient (Wildman–Crippen LogP) is 0.509. The summed E-state index contributed by atoms with van der Waals surface area (Å²) >= 11 is 0. The van der Waals surface area contributed by atoms with Gasteiger partial charge >= 0.3 is 0 Å². The molecule has 0 heterocycles. The largest absolute Gasteiger partial charge is 0.396 e. The molecule has 0 aliphatic rings. The fourth-order valence-electron chi connectivity index (χ4n) is 1.06. The fourth-order valence-corrected chi connectivity index (χ4v) is 1.06. The molecular formula is C9H21NO2. The number of aliphatic hydroxyl groups excluding tert-OH is 2. The van der Waals surface area contributed by atoms with Crippen LogP contribution in [0, 0.1) is 0 Å². The summed E-state index contributed by atoms with van der Waals surface area (Å²) in [7, 11) is 0. The molecule has 0 fully saturated rings. The van der Waals surface area contributed by atoms with E-state index in [1.165, 1.54) is 0 Å². The van der Waals surface area contributed by atoms with Crippen LogP contribution in [0.1, 0.15) is 32.6 Å². The van der Waals surface area contributed by atoms with E-state index in [0.29, 0.717) is 0 Å². The van der Waals surface area contributed by atoms with Gasteiger partial charge in [0.1, 0.15) is 0 Å². The third kappa shape index (κ3) is 6.58. The molecule has 0 aromatic carbocycles. The van der Waals surface area contributed by atoms with Crippen molar-refractivity contribution >= 4 is 0 Å². The summed E-state index contributed by atoms with van der Waals surface area (Å²) in [6, 6.07) is 0.249. The Kier molecular flexibility index (Phi) is 8.88. The monoisotopic (exact) mass is 175 g/mol. The molecule has 0 bridgehead atoms. The molecule has 0 spiro atoms. The smallest absolute Gasteiger partial charge is 0.0584 e. The van der Waals surface area contributed by atoms with Crippen LogP contribution in [0.4, 0.5) is 0 Å². The summed E-state index contributed by atoms with van der Waals surface area (Å²) in [6.07, 6.45) is 4.00. The SMILES string of the molecule is CCC(CO)NCCCCCO. The minimum Gasteiger partial charge on any atom is -0.396 e. The van der Waals surface area contributed by atoms with E-state index in [9.17, 15) is 0 Å². The molecule has 0 saturated carbocycles. The van der Waals surface area contributed by atoms with Crippen molar-refractivity contribution in [3.05, 3.63) is 0 Å². The lowest BCUT2D eigenvalue weighted by molar-refractivity contribution is 0.237. The van der Waals surface area contributed by atoms with Crippen molar-refractivity contribution in [2.75, 3.05) is 19.8 Å². The fraction of sp³-hybridized carbons (Fsp3) is 1.00. The first kappa shape index (κ1) is 11.9. The van der Waals surface area contributed by atoms with Crippen LogP contribution in [0.3, 0.4) is 0 Å². The van der Waals surface area contributed by atoms with Crippen LogP contribution < -0.4 is 5.32 Å². The average molecular weight is 175 g/mol. The van der Waals surface area contributed by atoms with Crippen molar-refractivity contribution in [2.24, 2.45) is 0 Å². The standard InChI is InChI=1S/C9H21NO2/c1-2-9(8-12)10-6-4-3-5-7-11/h9-12H,2-8H2,1H3. The highest BCUT2D eigenvalue weighted by molar-refractivity contribution is 4.62. The van der Waals surface area contributed by atoms with Crippen LogP contribution in [0.5, 0.6) is 0 Å². The van der Waals surface area contributed by atoms with Crippen molar-refractivity contribution in [3.63, 3.8) is 0 Å². The highest BCUT2D eigenvalue weighted by Crippen LogP contribution is 1.94. The van der Waals surface area contributed by atoms with E-state index in [2.05, 4.69) is 12.2 Å². The first-order chi connectivity index (χ1) is 5.85. The van der Waals surface area contributed by atoms with Crippen LogP contribution in [-0.2, 0) is 0 Å². The number of nitrogens with one attached hydrogen (secondary N) is 1. The maximum absolute atomic E-state index is 8.83. The van der Waals surface area contributed by atoms with Gasteiger partial charge in [-0.3, -0.25) is 0 Å². The molecule has 0 rings (SSSR count). The van der Waals surface area contributed by atoms with Gasteiger partial charge in [0.15, 0.2) is 0 Å². The highest BCUT2D eigenvalue weighted by Gasteiger charge is 2.01. The lowest BCUT2D eigenvalue weighted by Gasteiger charge is -2.13. The first-order valence-corrected chi connectivity index (χ1v) is 4.80. The minimum atomic E-state index is 0.219. The van der Waals surface area contributed by atoms with Gasteiger partial charge in [-0.25, -0.2) is 0 Å². The molecule has 0 amide bonds. The van der Waals surface area contributed by atoms with Gasteiger partial charge in [0, 0.05) is 12.6 Å². The summed E-state index contributed by atoms with van der Waals surface area (Å²) in [5, 5.41) is 20.6. The second kappa shape index (κ2) is 8.97. The Morgan fingerprint density at radius 1 is 1.17 bits per heavy atom. The molecule has 1 unspecified atom stereocenters. The van der Waals surface area contributed by atoms with Gasteiger partial charge in [0.25, 0.3) is 0 Å². The Hall–Kier alpha value is -0.120. The van der Waals surface area contributed by atoms with Crippen molar-refractivity contribution in [1.29, 1.82) is 0 Å². The molecule has 74 valence electrons. The van der Waals surface area contributed by atoms with E-state index in [1.807, 2.05) is 0 Å². The number of aliphatic hydroxyl groups is 2. The molecule has 1 atom stereocenters. The van der Waals surface area contributed by atoms with Crippen molar-refractivity contribution in [3.8, 4) is 0 Å². The molecular weight excluding hydrogens is 154 g/mol.